The van der Waals surface area contributed by atoms with E-state index >= 15 is 0 Å². The summed E-state index contributed by atoms with van der Waals surface area (Å²) in [6.07, 6.45) is 6.80. The SMILES string of the molecule is CCCCCCCCOC(=O)c1ccc(C)cc1F. The molecule has 0 saturated carbocycles. The van der Waals surface area contributed by atoms with Crippen LogP contribution in [0.15, 0.2) is 18.2 Å². The molecule has 0 bridgehead atoms. The van der Waals surface area contributed by atoms with Crippen LogP contribution in [-0.2, 0) is 4.74 Å². The fourth-order valence-corrected chi connectivity index (χ4v) is 1.91. The Morgan fingerprint density at radius 2 is 1.84 bits per heavy atom. The summed E-state index contributed by atoms with van der Waals surface area (Å²) in [5.74, 6) is -1.07. The average Bonchev–Trinajstić information content (AvgIpc) is 2.37. The molecule has 0 fully saturated rings. The lowest BCUT2D eigenvalue weighted by Gasteiger charge is -2.06. The third kappa shape index (κ3) is 5.86. The predicted octanol–water partition coefficient (Wildman–Crippen LogP) is 4.65. The van der Waals surface area contributed by atoms with Crippen LogP contribution in [0, 0.1) is 12.7 Å². The van der Waals surface area contributed by atoms with Crippen LogP contribution in [0.5, 0.6) is 0 Å². The van der Waals surface area contributed by atoms with Crippen LogP contribution in [0.4, 0.5) is 4.39 Å². The number of ether oxygens (including phenoxy) is 1. The second kappa shape index (κ2) is 8.68. The van der Waals surface area contributed by atoms with Crippen LogP contribution >= 0.6 is 0 Å². The quantitative estimate of drug-likeness (QED) is 0.505. The van der Waals surface area contributed by atoms with Crippen molar-refractivity contribution in [3.63, 3.8) is 0 Å². The number of rotatable bonds is 8. The molecule has 0 unspecified atom stereocenters. The van der Waals surface area contributed by atoms with E-state index in [1.165, 1.54) is 37.8 Å². The molecule has 1 rings (SSSR count). The largest absolute Gasteiger partial charge is 0.462 e. The van der Waals surface area contributed by atoms with E-state index in [4.69, 9.17) is 4.74 Å². The maximum absolute atomic E-state index is 13.5. The molecular formula is C16H23FO2. The van der Waals surface area contributed by atoms with Gasteiger partial charge in [-0.2, -0.15) is 0 Å². The van der Waals surface area contributed by atoms with Gasteiger partial charge >= 0.3 is 5.97 Å². The van der Waals surface area contributed by atoms with E-state index in [2.05, 4.69) is 6.92 Å². The lowest BCUT2D eigenvalue weighted by Crippen LogP contribution is -2.08. The van der Waals surface area contributed by atoms with Crippen molar-refractivity contribution >= 4 is 5.97 Å². The molecule has 1 aromatic carbocycles. The zero-order valence-electron chi connectivity index (χ0n) is 11.9. The molecule has 1 aromatic rings. The minimum absolute atomic E-state index is 0.0246. The van der Waals surface area contributed by atoms with Gasteiger partial charge < -0.3 is 4.74 Å². The maximum Gasteiger partial charge on any atom is 0.341 e. The normalized spacial score (nSPS) is 10.5. The average molecular weight is 266 g/mol. The van der Waals surface area contributed by atoms with Gasteiger partial charge in [-0.05, 0) is 31.0 Å². The number of benzene rings is 1. The lowest BCUT2D eigenvalue weighted by molar-refractivity contribution is 0.0492. The predicted molar refractivity (Wildman–Crippen MR) is 74.8 cm³/mol. The first-order valence-electron chi connectivity index (χ1n) is 7.08. The summed E-state index contributed by atoms with van der Waals surface area (Å²) < 4.78 is 18.6. The van der Waals surface area contributed by atoms with Crippen molar-refractivity contribution < 1.29 is 13.9 Å². The van der Waals surface area contributed by atoms with Crippen molar-refractivity contribution in [1.82, 2.24) is 0 Å². The monoisotopic (exact) mass is 266 g/mol. The Kier molecular flexibility index (Phi) is 7.16. The summed E-state index contributed by atoms with van der Waals surface area (Å²) >= 11 is 0. The Balaban J connectivity index is 2.24. The molecule has 0 atom stereocenters. The minimum atomic E-state index is -0.564. The molecule has 0 N–H and O–H groups in total. The fraction of sp³-hybridized carbons (Fsp3) is 0.562. The summed E-state index contributed by atoms with van der Waals surface area (Å²) in [6, 6.07) is 4.54. The number of esters is 1. The van der Waals surface area contributed by atoms with Crippen molar-refractivity contribution in [2.45, 2.75) is 52.4 Å². The molecule has 0 aliphatic carbocycles. The minimum Gasteiger partial charge on any atom is -0.462 e. The highest BCUT2D eigenvalue weighted by Crippen LogP contribution is 2.12. The first-order valence-corrected chi connectivity index (χ1v) is 7.08. The zero-order valence-corrected chi connectivity index (χ0v) is 11.9. The van der Waals surface area contributed by atoms with Crippen LogP contribution < -0.4 is 0 Å². The fourth-order valence-electron chi connectivity index (χ4n) is 1.91. The number of carbonyl (C=O) groups is 1. The Labute approximate surface area is 115 Å². The second-order valence-corrected chi connectivity index (χ2v) is 4.89. The summed E-state index contributed by atoms with van der Waals surface area (Å²) in [4.78, 5) is 11.6. The number of aryl methyl sites for hydroxylation is 1. The molecule has 0 aliphatic heterocycles. The van der Waals surface area contributed by atoms with Gasteiger partial charge in [0.2, 0.25) is 0 Å². The van der Waals surface area contributed by atoms with Gasteiger partial charge in [-0.15, -0.1) is 0 Å². The molecule has 0 aliphatic rings. The molecule has 0 saturated heterocycles. The number of carbonyl (C=O) groups excluding carboxylic acids is 1. The standard InChI is InChI=1S/C16H23FO2/c1-3-4-5-6-7-8-11-19-16(18)14-10-9-13(2)12-15(14)17/h9-10,12H,3-8,11H2,1-2H3. The molecule has 0 spiro atoms. The van der Waals surface area contributed by atoms with E-state index in [0.717, 1.165) is 18.4 Å². The van der Waals surface area contributed by atoms with E-state index in [-0.39, 0.29) is 5.56 Å². The molecule has 0 heterocycles. The molecule has 106 valence electrons. The Morgan fingerprint density at radius 1 is 1.16 bits per heavy atom. The van der Waals surface area contributed by atoms with E-state index < -0.39 is 11.8 Å². The zero-order chi connectivity index (χ0) is 14.1. The van der Waals surface area contributed by atoms with Gasteiger partial charge in [0.05, 0.1) is 12.2 Å². The maximum atomic E-state index is 13.5. The third-order valence-electron chi connectivity index (χ3n) is 3.08. The van der Waals surface area contributed by atoms with Gasteiger partial charge in [-0.3, -0.25) is 0 Å². The van der Waals surface area contributed by atoms with Crippen LogP contribution in [0.3, 0.4) is 0 Å². The van der Waals surface area contributed by atoms with Gasteiger partial charge in [-0.1, -0.05) is 45.1 Å². The topological polar surface area (TPSA) is 26.3 Å². The number of hydrogen-bond acceptors (Lipinski definition) is 2. The van der Waals surface area contributed by atoms with Crippen molar-refractivity contribution in [3.05, 3.63) is 35.1 Å². The van der Waals surface area contributed by atoms with Crippen LogP contribution in [-0.4, -0.2) is 12.6 Å². The summed E-state index contributed by atoms with van der Waals surface area (Å²) in [5.41, 5.74) is 0.821. The molecule has 3 heteroatoms. The third-order valence-corrected chi connectivity index (χ3v) is 3.08. The number of hydrogen-bond donors (Lipinski definition) is 0. The lowest BCUT2D eigenvalue weighted by atomic mass is 10.1. The van der Waals surface area contributed by atoms with Gasteiger partial charge in [0.1, 0.15) is 5.82 Å². The highest BCUT2D eigenvalue weighted by atomic mass is 19.1. The summed E-state index contributed by atoms with van der Waals surface area (Å²) in [6.45, 7) is 4.34. The van der Waals surface area contributed by atoms with Crippen molar-refractivity contribution in [1.29, 1.82) is 0 Å². The van der Waals surface area contributed by atoms with Gasteiger partial charge in [0.25, 0.3) is 0 Å². The molecule has 0 amide bonds. The first-order chi connectivity index (χ1) is 9.15. The molecule has 0 aromatic heterocycles. The van der Waals surface area contributed by atoms with Crippen LogP contribution in [0.1, 0.15) is 61.4 Å². The second-order valence-electron chi connectivity index (χ2n) is 4.89. The van der Waals surface area contributed by atoms with E-state index in [1.54, 1.807) is 13.0 Å². The van der Waals surface area contributed by atoms with Crippen molar-refractivity contribution in [3.8, 4) is 0 Å². The smallest absolute Gasteiger partial charge is 0.341 e. The van der Waals surface area contributed by atoms with Crippen molar-refractivity contribution in [2.75, 3.05) is 6.61 Å². The van der Waals surface area contributed by atoms with Gasteiger partial charge in [0, 0.05) is 0 Å². The first kappa shape index (κ1) is 15.7. The van der Waals surface area contributed by atoms with Crippen molar-refractivity contribution in [2.24, 2.45) is 0 Å². The van der Waals surface area contributed by atoms with Gasteiger partial charge in [0.15, 0.2) is 0 Å². The number of halogens is 1. The van der Waals surface area contributed by atoms with Crippen LogP contribution in [0.25, 0.3) is 0 Å². The highest BCUT2D eigenvalue weighted by molar-refractivity contribution is 5.89. The Morgan fingerprint density at radius 3 is 2.53 bits per heavy atom. The van der Waals surface area contributed by atoms with E-state index in [9.17, 15) is 9.18 Å². The van der Waals surface area contributed by atoms with Crippen LogP contribution in [0.2, 0.25) is 0 Å². The Hall–Kier alpha value is -1.38. The number of unbranched alkanes of at least 4 members (excludes halogenated alkanes) is 5. The molecule has 2 nitrogen and oxygen atoms in total. The highest BCUT2D eigenvalue weighted by Gasteiger charge is 2.12. The summed E-state index contributed by atoms with van der Waals surface area (Å²) in [7, 11) is 0. The Bertz CT molecular complexity index is 402. The molecular weight excluding hydrogens is 243 g/mol. The molecule has 0 radical (unpaired) electrons. The van der Waals surface area contributed by atoms with Gasteiger partial charge in [-0.25, -0.2) is 9.18 Å². The molecule has 19 heavy (non-hydrogen) atoms. The van der Waals surface area contributed by atoms with E-state index in [0.29, 0.717) is 6.61 Å². The summed E-state index contributed by atoms with van der Waals surface area (Å²) in [5, 5.41) is 0. The van der Waals surface area contributed by atoms with E-state index in [1.807, 2.05) is 0 Å².